The first kappa shape index (κ1) is 8.82. The van der Waals surface area contributed by atoms with E-state index in [-0.39, 0.29) is 0 Å². The van der Waals surface area contributed by atoms with E-state index < -0.39 is 0 Å². The molecule has 0 radical (unpaired) electrons. The summed E-state index contributed by atoms with van der Waals surface area (Å²) in [5.74, 6) is 1.18. The molecular weight excluding hydrogens is 162 g/mol. The van der Waals surface area contributed by atoms with Crippen molar-refractivity contribution in [3.8, 4) is 0 Å². The number of rotatable bonds is 2. The lowest BCUT2D eigenvalue weighted by molar-refractivity contribution is 0.391. The summed E-state index contributed by atoms with van der Waals surface area (Å²) < 4.78 is 5.43. The van der Waals surface area contributed by atoms with E-state index >= 15 is 0 Å². The fraction of sp³-hybridized carbons (Fsp3) is 0.636. The molecule has 0 aliphatic heterocycles. The van der Waals surface area contributed by atoms with Crippen molar-refractivity contribution in [3.63, 3.8) is 0 Å². The lowest BCUT2D eigenvalue weighted by Crippen LogP contribution is -2.30. The largest absolute Gasteiger partial charge is 0.469 e. The van der Waals surface area contributed by atoms with Crippen molar-refractivity contribution in [1.82, 2.24) is 5.32 Å². The zero-order valence-corrected chi connectivity index (χ0v) is 8.34. The fourth-order valence-corrected chi connectivity index (χ4v) is 2.06. The second kappa shape index (κ2) is 3.54. The summed E-state index contributed by atoms with van der Waals surface area (Å²) in [6, 6.07) is 3.17. The van der Waals surface area contributed by atoms with Crippen LogP contribution in [0.5, 0.6) is 0 Å². The van der Waals surface area contributed by atoms with Crippen LogP contribution in [0.1, 0.15) is 44.1 Å². The van der Waals surface area contributed by atoms with Crippen molar-refractivity contribution in [1.29, 1.82) is 0 Å². The van der Waals surface area contributed by atoms with Crippen LogP contribution in [-0.2, 0) is 6.42 Å². The average Bonchev–Trinajstić information content (AvgIpc) is 2.51. The minimum Gasteiger partial charge on any atom is -0.469 e. The van der Waals surface area contributed by atoms with Gasteiger partial charge in [0.1, 0.15) is 5.76 Å². The van der Waals surface area contributed by atoms with Gasteiger partial charge in [-0.25, -0.2) is 0 Å². The first-order valence-corrected chi connectivity index (χ1v) is 5.09. The van der Waals surface area contributed by atoms with E-state index in [1.807, 2.05) is 6.26 Å². The second-order valence-electron chi connectivity index (χ2n) is 4.07. The lowest BCUT2D eigenvalue weighted by Gasteiger charge is -2.24. The number of hydrogen-bond donors (Lipinski definition) is 1. The van der Waals surface area contributed by atoms with Gasteiger partial charge in [0.05, 0.1) is 6.26 Å². The molecule has 1 aliphatic rings. The Bertz CT molecular complexity index is 277. The van der Waals surface area contributed by atoms with Crippen LogP contribution in [0.3, 0.4) is 0 Å². The number of fused-ring (bicyclic) bond motifs is 1. The molecule has 0 saturated heterocycles. The maximum atomic E-state index is 5.43. The molecule has 0 spiro atoms. The summed E-state index contributed by atoms with van der Waals surface area (Å²) in [5.41, 5.74) is 1.37. The molecule has 1 aromatic rings. The highest BCUT2D eigenvalue weighted by Crippen LogP contribution is 2.30. The van der Waals surface area contributed by atoms with E-state index in [1.54, 1.807) is 0 Å². The molecule has 2 rings (SSSR count). The number of aryl methyl sites for hydroxylation is 1. The molecule has 13 heavy (non-hydrogen) atoms. The van der Waals surface area contributed by atoms with Crippen LogP contribution >= 0.6 is 0 Å². The van der Waals surface area contributed by atoms with Gasteiger partial charge < -0.3 is 9.73 Å². The molecule has 72 valence electrons. The number of hydrogen-bond acceptors (Lipinski definition) is 2. The molecule has 0 bridgehead atoms. The zero-order chi connectivity index (χ0) is 9.26. The first-order chi connectivity index (χ1) is 6.27. The lowest BCUT2D eigenvalue weighted by atomic mass is 9.93. The topological polar surface area (TPSA) is 25.2 Å². The van der Waals surface area contributed by atoms with Crippen LogP contribution < -0.4 is 5.32 Å². The third-order valence-corrected chi connectivity index (χ3v) is 2.59. The van der Waals surface area contributed by atoms with Crippen molar-refractivity contribution >= 4 is 0 Å². The molecular formula is C11H17NO. The number of furan rings is 1. The van der Waals surface area contributed by atoms with E-state index in [0.29, 0.717) is 12.1 Å². The van der Waals surface area contributed by atoms with Crippen molar-refractivity contribution in [3.05, 3.63) is 23.7 Å². The summed E-state index contributed by atoms with van der Waals surface area (Å²) >= 11 is 0. The Morgan fingerprint density at radius 3 is 3.15 bits per heavy atom. The van der Waals surface area contributed by atoms with Crippen LogP contribution in [0.25, 0.3) is 0 Å². The van der Waals surface area contributed by atoms with E-state index in [4.69, 9.17) is 4.42 Å². The minimum atomic E-state index is 0.516. The normalized spacial score (nSPS) is 21.9. The van der Waals surface area contributed by atoms with E-state index in [1.165, 1.54) is 24.2 Å². The monoisotopic (exact) mass is 179 g/mol. The maximum absolute atomic E-state index is 5.43. The third kappa shape index (κ3) is 1.78. The summed E-state index contributed by atoms with van der Waals surface area (Å²) in [6.45, 7) is 4.38. The third-order valence-electron chi connectivity index (χ3n) is 2.59. The standard InChI is InChI=1S/C11H17NO/c1-8(2)12-10-4-3-5-11-9(10)6-7-13-11/h6-8,10,12H,3-5H2,1-2H3/t10-/m1/s1. The summed E-state index contributed by atoms with van der Waals surface area (Å²) in [6.07, 6.45) is 5.40. The molecule has 2 heteroatoms. The number of nitrogens with one attached hydrogen (secondary N) is 1. The predicted molar refractivity (Wildman–Crippen MR) is 52.7 cm³/mol. The second-order valence-corrected chi connectivity index (χ2v) is 4.07. The summed E-state index contributed by atoms with van der Waals surface area (Å²) in [5, 5.41) is 3.56. The Morgan fingerprint density at radius 1 is 1.54 bits per heavy atom. The van der Waals surface area contributed by atoms with E-state index in [0.717, 1.165) is 6.42 Å². The molecule has 0 aromatic carbocycles. The van der Waals surface area contributed by atoms with Crippen LogP contribution in [0.15, 0.2) is 16.7 Å². The summed E-state index contributed by atoms with van der Waals surface area (Å²) in [7, 11) is 0. The summed E-state index contributed by atoms with van der Waals surface area (Å²) in [4.78, 5) is 0. The Balaban J connectivity index is 2.15. The molecule has 1 heterocycles. The Kier molecular flexibility index (Phi) is 2.40. The van der Waals surface area contributed by atoms with Gasteiger partial charge in [-0.2, -0.15) is 0 Å². The van der Waals surface area contributed by atoms with Crippen LogP contribution in [0, 0.1) is 0 Å². The van der Waals surface area contributed by atoms with Crippen LogP contribution in [-0.4, -0.2) is 6.04 Å². The predicted octanol–water partition coefficient (Wildman–Crippen LogP) is 2.66. The van der Waals surface area contributed by atoms with Crippen molar-refractivity contribution in [2.45, 2.75) is 45.2 Å². The highest BCUT2D eigenvalue weighted by molar-refractivity contribution is 5.24. The fourth-order valence-electron chi connectivity index (χ4n) is 2.06. The Hall–Kier alpha value is -0.760. The minimum absolute atomic E-state index is 0.516. The van der Waals surface area contributed by atoms with Gasteiger partial charge in [0.2, 0.25) is 0 Å². The molecule has 0 saturated carbocycles. The first-order valence-electron chi connectivity index (χ1n) is 5.09. The molecule has 2 nitrogen and oxygen atoms in total. The molecule has 1 atom stereocenters. The molecule has 0 fully saturated rings. The smallest absolute Gasteiger partial charge is 0.108 e. The molecule has 0 unspecified atom stereocenters. The maximum Gasteiger partial charge on any atom is 0.108 e. The van der Waals surface area contributed by atoms with Crippen LogP contribution in [0.2, 0.25) is 0 Å². The van der Waals surface area contributed by atoms with E-state index in [2.05, 4.69) is 25.2 Å². The van der Waals surface area contributed by atoms with Gasteiger partial charge in [0.15, 0.2) is 0 Å². The highest BCUT2D eigenvalue weighted by atomic mass is 16.3. The van der Waals surface area contributed by atoms with Gasteiger partial charge in [-0.1, -0.05) is 13.8 Å². The van der Waals surface area contributed by atoms with Crippen molar-refractivity contribution in [2.24, 2.45) is 0 Å². The Labute approximate surface area is 79.3 Å². The van der Waals surface area contributed by atoms with Gasteiger partial charge in [-0.05, 0) is 18.9 Å². The van der Waals surface area contributed by atoms with E-state index in [9.17, 15) is 0 Å². The van der Waals surface area contributed by atoms with Gasteiger partial charge in [0.25, 0.3) is 0 Å². The molecule has 0 amide bonds. The highest BCUT2D eigenvalue weighted by Gasteiger charge is 2.22. The van der Waals surface area contributed by atoms with Gasteiger partial charge >= 0.3 is 0 Å². The average molecular weight is 179 g/mol. The van der Waals surface area contributed by atoms with Gasteiger partial charge in [-0.15, -0.1) is 0 Å². The molecule has 1 aromatic heterocycles. The van der Waals surface area contributed by atoms with Crippen LogP contribution in [0.4, 0.5) is 0 Å². The van der Waals surface area contributed by atoms with Crippen molar-refractivity contribution in [2.75, 3.05) is 0 Å². The zero-order valence-electron chi connectivity index (χ0n) is 8.34. The molecule has 1 N–H and O–H groups in total. The Morgan fingerprint density at radius 2 is 2.38 bits per heavy atom. The molecule has 1 aliphatic carbocycles. The quantitative estimate of drug-likeness (QED) is 0.755. The SMILES string of the molecule is CC(C)N[C@@H]1CCCc2occc21. The van der Waals surface area contributed by atoms with Gasteiger partial charge in [-0.3, -0.25) is 0 Å². The van der Waals surface area contributed by atoms with Crippen molar-refractivity contribution < 1.29 is 4.42 Å². The van der Waals surface area contributed by atoms with Gasteiger partial charge in [0, 0.05) is 24.1 Å².